The number of para-hydroxylation sites is 1. The van der Waals surface area contributed by atoms with Gasteiger partial charge in [-0.25, -0.2) is 0 Å². The van der Waals surface area contributed by atoms with Crippen LogP contribution in [0.25, 0.3) is 44.5 Å². The minimum absolute atomic E-state index is 0. The van der Waals surface area contributed by atoms with E-state index >= 15 is 0 Å². The van der Waals surface area contributed by atoms with Crippen molar-refractivity contribution in [3.63, 3.8) is 0 Å². The van der Waals surface area contributed by atoms with Gasteiger partial charge in [-0.1, -0.05) is 52.9 Å². The Hall–Kier alpha value is -3.79. The molecular weight excluding hydrogens is 637 g/mol. The van der Waals surface area contributed by atoms with E-state index in [2.05, 4.69) is 42.0 Å². The number of aryl methyl sites for hydroxylation is 4. The van der Waals surface area contributed by atoms with Crippen molar-refractivity contribution in [3.05, 3.63) is 114 Å². The third-order valence-electron chi connectivity index (χ3n) is 6.35. The molecule has 5 heteroatoms. The summed E-state index contributed by atoms with van der Waals surface area (Å²) in [6.07, 6.45) is 3.63. The van der Waals surface area contributed by atoms with Gasteiger partial charge in [-0.15, -0.1) is 18.2 Å². The molecule has 0 saturated heterocycles. The van der Waals surface area contributed by atoms with Gasteiger partial charge in [0.25, 0.3) is 0 Å². The second kappa shape index (κ2) is 11.1. The molecule has 6 aromatic rings. The first kappa shape index (κ1) is 26.3. The van der Waals surface area contributed by atoms with E-state index in [0.717, 1.165) is 55.6 Å². The molecule has 0 atom stereocenters. The van der Waals surface area contributed by atoms with E-state index in [1.165, 1.54) is 11.1 Å². The third kappa shape index (κ3) is 5.34. The molecule has 0 aliphatic heterocycles. The fourth-order valence-corrected chi connectivity index (χ4v) is 4.32. The number of rotatable bonds is 2. The van der Waals surface area contributed by atoms with E-state index in [9.17, 15) is 5.11 Å². The summed E-state index contributed by atoms with van der Waals surface area (Å²) in [5.74, 6) is 0.319. The molecule has 0 unspecified atom stereocenters. The Balaban J connectivity index is 0.000000178. The summed E-state index contributed by atoms with van der Waals surface area (Å²) in [5.41, 5.74) is 9.62. The van der Waals surface area contributed by atoms with E-state index < -0.39 is 0 Å². The first-order valence-electron chi connectivity index (χ1n) is 11.9. The Kier molecular flexibility index (Phi) is 7.87. The number of benzene rings is 3. The molecule has 3 heterocycles. The number of phenolic OH excluding ortho intramolecular Hbond substituents is 1. The van der Waals surface area contributed by atoms with Crippen molar-refractivity contribution in [2.24, 2.45) is 0 Å². The smallest absolute Gasteiger partial charge is 0.127 e. The van der Waals surface area contributed by atoms with Crippen molar-refractivity contribution >= 4 is 21.9 Å². The third-order valence-corrected chi connectivity index (χ3v) is 6.35. The van der Waals surface area contributed by atoms with Crippen LogP contribution in [0.4, 0.5) is 0 Å². The van der Waals surface area contributed by atoms with Crippen molar-refractivity contribution < 1.29 is 29.6 Å². The molecule has 0 fully saturated rings. The number of furan rings is 1. The van der Waals surface area contributed by atoms with Crippen molar-refractivity contribution in [1.82, 2.24) is 9.97 Å². The van der Waals surface area contributed by atoms with Crippen molar-refractivity contribution in [3.8, 4) is 28.3 Å². The van der Waals surface area contributed by atoms with Gasteiger partial charge in [0, 0.05) is 43.4 Å². The van der Waals surface area contributed by atoms with E-state index in [-0.39, 0.29) is 20.1 Å². The number of phenols is 1. The topological polar surface area (TPSA) is 59.2 Å². The van der Waals surface area contributed by atoms with E-state index in [0.29, 0.717) is 5.75 Å². The van der Waals surface area contributed by atoms with E-state index in [1.807, 2.05) is 80.7 Å². The summed E-state index contributed by atoms with van der Waals surface area (Å²) in [6.45, 7) is 8.07. The maximum Gasteiger partial charge on any atom is 0.127 e. The van der Waals surface area contributed by atoms with Gasteiger partial charge in [0.15, 0.2) is 0 Å². The Labute approximate surface area is 230 Å². The summed E-state index contributed by atoms with van der Waals surface area (Å²) < 4.78 is 6.04. The zero-order valence-corrected chi connectivity index (χ0v) is 23.6. The van der Waals surface area contributed by atoms with Crippen LogP contribution < -0.4 is 0 Å². The maximum absolute atomic E-state index is 9.94. The molecule has 187 valence electrons. The number of pyridine rings is 2. The Morgan fingerprint density at radius 1 is 0.757 bits per heavy atom. The van der Waals surface area contributed by atoms with Crippen LogP contribution in [0, 0.1) is 33.8 Å². The Morgan fingerprint density at radius 3 is 2.30 bits per heavy atom. The molecule has 3 aromatic carbocycles. The number of hydrogen-bond acceptors (Lipinski definition) is 4. The summed E-state index contributed by atoms with van der Waals surface area (Å²) in [5, 5.41) is 12.2. The van der Waals surface area contributed by atoms with Gasteiger partial charge in [0.05, 0.1) is 11.3 Å². The van der Waals surface area contributed by atoms with Crippen LogP contribution in [0.3, 0.4) is 0 Å². The normalized spacial score (nSPS) is 10.6. The maximum atomic E-state index is 9.94. The van der Waals surface area contributed by atoms with Crippen molar-refractivity contribution in [2.75, 3.05) is 0 Å². The second-order valence-electron chi connectivity index (χ2n) is 9.04. The van der Waals surface area contributed by atoms with Crippen LogP contribution in [-0.4, -0.2) is 15.1 Å². The number of fused-ring (bicyclic) bond motifs is 3. The molecule has 3 aromatic heterocycles. The van der Waals surface area contributed by atoms with Crippen molar-refractivity contribution in [2.45, 2.75) is 27.7 Å². The fraction of sp³-hybridized carbons (Fsp3) is 0.125. The average molecular weight is 664 g/mol. The Bertz CT molecular complexity index is 1690. The molecule has 0 amide bonds. The minimum atomic E-state index is 0. The van der Waals surface area contributed by atoms with Crippen molar-refractivity contribution in [1.29, 1.82) is 0 Å². The zero-order valence-electron chi connectivity index (χ0n) is 21.2. The van der Waals surface area contributed by atoms with Gasteiger partial charge in [-0.3, -0.25) is 4.98 Å². The van der Waals surface area contributed by atoms with Gasteiger partial charge in [0.1, 0.15) is 11.3 Å². The largest absolute Gasteiger partial charge is 0.507 e. The monoisotopic (exact) mass is 664 g/mol. The molecule has 0 aliphatic rings. The van der Waals surface area contributed by atoms with E-state index in [1.54, 1.807) is 6.20 Å². The molecule has 37 heavy (non-hydrogen) atoms. The van der Waals surface area contributed by atoms with Crippen LogP contribution in [0.5, 0.6) is 5.75 Å². The minimum Gasteiger partial charge on any atom is -0.507 e. The first-order valence-corrected chi connectivity index (χ1v) is 11.9. The molecule has 4 nitrogen and oxygen atoms in total. The second-order valence-corrected chi connectivity index (χ2v) is 9.04. The van der Waals surface area contributed by atoms with E-state index in [4.69, 9.17) is 4.42 Å². The predicted molar refractivity (Wildman–Crippen MR) is 146 cm³/mol. The number of aromatic hydroxyl groups is 1. The summed E-state index contributed by atoms with van der Waals surface area (Å²) in [4.78, 5) is 8.77. The fourth-order valence-electron chi connectivity index (χ4n) is 4.32. The molecule has 0 spiro atoms. The Morgan fingerprint density at radius 2 is 1.54 bits per heavy atom. The van der Waals surface area contributed by atoms with Crippen LogP contribution in [0.2, 0.25) is 0 Å². The standard InChI is InChI=1S/C19H14NO.C13H13NO.Ir/c1-12-10-17(20-11-13(12)2)16-8-5-7-15-14-6-3-4-9-18(14)21-19(15)16;1-9-7-10(2)13(15)11(8-9)12-5-3-4-6-14-12;/h3-7,9-11H,1-2H3;3-8,15H,1-2H3;/q-1;;. The summed E-state index contributed by atoms with van der Waals surface area (Å²) in [6, 6.07) is 27.0. The molecule has 1 radical (unpaired) electrons. The summed E-state index contributed by atoms with van der Waals surface area (Å²) >= 11 is 0. The molecule has 0 aliphatic carbocycles. The molecule has 6 rings (SSSR count). The van der Waals surface area contributed by atoms with Gasteiger partial charge < -0.3 is 14.5 Å². The number of nitrogens with zero attached hydrogens (tertiary/aromatic N) is 2. The quantitative estimate of drug-likeness (QED) is 0.190. The SMILES string of the molecule is Cc1cc(C)c(O)c(-c2ccccn2)c1.Cc1cnc(-c2[c-]ccc3c2oc2ccccc23)cc1C.[Ir]. The van der Waals surface area contributed by atoms with Crippen LogP contribution in [-0.2, 0) is 20.1 Å². The van der Waals surface area contributed by atoms with Gasteiger partial charge in [-0.05, 0) is 74.3 Å². The van der Waals surface area contributed by atoms with Gasteiger partial charge >= 0.3 is 0 Å². The first-order chi connectivity index (χ1) is 17.4. The molecule has 0 bridgehead atoms. The average Bonchev–Trinajstić information content (AvgIpc) is 3.28. The molecule has 1 N–H and O–H groups in total. The molecule has 0 saturated carbocycles. The zero-order chi connectivity index (χ0) is 25.2. The number of hydrogen-bond donors (Lipinski definition) is 1. The predicted octanol–water partition coefficient (Wildman–Crippen LogP) is 8.13. The van der Waals surface area contributed by atoms with Crippen LogP contribution in [0.1, 0.15) is 22.3 Å². The summed E-state index contributed by atoms with van der Waals surface area (Å²) in [7, 11) is 0. The van der Waals surface area contributed by atoms with Gasteiger partial charge in [-0.2, -0.15) is 0 Å². The van der Waals surface area contributed by atoms with Crippen LogP contribution >= 0.6 is 0 Å². The van der Waals surface area contributed by atoms with Crippen LogP contribution in [0.15, 0.2) is 89.6 Å². The number of aromatic nitrogens is 2. The molecular formula is C32H27IrN2O2-. The van der Waals surface area contributed by atoms with Gasteiger partial charge in [0.2, 0.25) is 0 Å².